The topological polar surface area (TPSA) is 44.9 Å². The van der Waals surface area contributed by atoms with Gasteiger partial charge in [-0.25, -0.2) is 0 Å². The molecule has 1 aliphatic carbocycles. The van der Waals surface area contributed by atoms with E-state index in [4.69, 9.17) is 0 Å². The number of H-pyrrole nitrogens is 1. The van der Waals surface area contributed by atoms with Crippen molar-refractivity contribution < 1.29 is 0 Å². The Labute approximate surface area is 125 Å². The van der Waals surface area contributed by atoms with Crippen molar-refractivity contribution in [2.45, 2.75) is 45.1 Å². The second-order valence-corrected chi connectivity index (χ2v) is 6.12. The van der Waals surface area contributed by atoms with Gasteiger partial charge in [0.05, 0.1) is 6.04 Å². The number of hydrogen-bond donors (Lipinski definition) is 2. The molecule has 0 radical (unpaired) electrons. The van der Waals surface area contributed by atoms with Gasteiger partial charge in [0.2, 0.25) is 5.56 Å². The number of aromatic amines is 1. The van der Waals surface area contributed by atoms with Gasteiger partial charge >= 0.3 is 0 Å². The number of aromatic nitrogens is 1. The van der Waals surface area contributed by atoms with E-state index in [-0.39, 0.29) is 11.6 Å². The molecule has 2 aromatic rings. The molecule has 0 bridgehead atoms. The summed E-state index contributed by atoms with van der Waals surface area (Å²) in [7, 11) is 0. The number of anilines is 1. The molecule has 0 fully saturated rings. The first-order valence-corrected chi connectivity index (χ1v) is 7.72. The van der Waals surface area contributed by atoms with Crippen molar-refractivity contribution >= 4 is 5.69 Å². The summed E-state index contributed by atoms with van der Waals surface area (Å²) in [5.41, 5.74) is 4.81. The van der Waals surface area contributed by atoms with E-state index in [0.29, 0.717) is 5.92 Å². The summed E-state index contributed by atoms with van der Waals surface area (Å²) in [6, 6.07) is 12.5. The molecule has 1 heterocycles. The molecule has 0 saturated heterocycles. The molecule has 1 unspecified atom stereocenters. The number of fused-ring (bicyclic) bond motifs is 1. The highest BCUT2D eigenvalue weighted by Crippen LogP contribution is 2.31. The minimum atomic E-state index is -0.00399. The Kier molecular flexibility index (Phi) is 3.82. The third kappa shape index (κ3) is 3.02. The molecule has 2 N–H and O–H groups in total. The van der Waals surface area contributed by atoms with E-state index in [0.717, 1.165) is 30.6 Å². The highest BCUT2D eigenvalue weighted by molar-refractivity contribution is 5.48. The fourth-order valence-corrected chi connectivity index (χ4v) is 3.02. The van der Waals surface area contributed by atoms with E-state index in [1.807, 2.05) is 6.07 Å². The van der Waals surface area contributed by atoms with Crippen molar-refractivity contribution in [2.24, 2.45) is 0 Å². The predicted octanol–water partition coefficient (Wildman–Crippen LogP) is 3.99. The largest absolute Gasteiger partial charge is 0.378 e. The van der Waals surface area contributed by atoms with Crippen LogP contribution in [0.15, 0.2) is 41.2 Å². The summed E-state index contributed by atoms with van der Waals surface area (Å²) >= 11 is 0. The number of rotatable bonds is 3. The zero-order valence-electron chi connectivity index (χ0n) is 12.6. The number of benzene rings is 1. The van der Waals surface area contributed by atoms with E-state index >= 15 is 0 Å². The Bertz CT molecular complexity index is 670. The molecule has 3 rings (SSSR count). The number of hydrogen-bond acceptors (Lipinski definition) is 2. The van der Waals surface area contributed by atoms with Crippen molar-refractivity contribution in [1.29, 1.82) is 0 Å². The lowest BCUT2D eigenvalue weighted by molar-refractivity contribution is 0.587. The molecule has 1 aromatic heterocycles. The van der Waals surface area contributed by atoms with Crippen molar-refractivity contribution in [3.05, 3.63) is 63.6 Å². The van der Waals surface area contributed by atoms with Crippen LogP contribution in [0, 0.1) is 0 Å². The summed E-state index contributed by atoms with van der Waals surface area (Å²) in [4.78, 5) is 14.4. The van der Waals surface area contributed by atoms with Gasteiger partial charge in [-0.3, -0.25) is 4.79 Å². The lowest BCUT2D eigenvalue weighted by Gasteiger charge is -2.27. The zero-order chi connectivity index (χ0) is 14.8. The third-order valence-corrected chi connectivity index (χ3v) is 4.25. The summed E-state index contributed by atoms with van der Waals surface area (Å²) in [5.74, 6) is 0.555. The quantitative estimate of drug-likeness (QED) is 0.894. The van der Waals surface area contributed by atoms with Gasteiger partial charge in [-0.15, -0.1) is 0 Å². The molecule has 3 heteroatoms. The molecule has 1 aromatic carbocycles. The molecular weight excluding hydrogens is 260 g/mol. The third-order valence-electron chi connectivity index (χ3n) is 4.25. The molecule has 3 nitrogen and oxygen atoms in total. The van der Waals surface area contributed by atoms with Crippen molar-refractivity contribution in [3.8, 4) is 0 Å². The Balaban J connectivity index is 1.81. The second-order valence-electron chi connectivity index (χ2n) is 6.12. The van der Waals surface area contributed by atoms with E-state index in [1.54, 1.807) is 6.07 Å². The van der Waals surface area contributed by atoms with Gasteiger partial charge in [-0.2, -0.15) is 0 Å². The van der Waals surface area contributed by atoms with E-state index in [2.05, 4.69) is 48.4 Å². The minimum absolute atomic E-state index is 0.00399. The maximum atomic E-state index is 11.4. The molecule has 110 valence electrons. The fourth-order valence-electron chi connectivity index (χ4n) is 3.02. The molecule has 1 atom stereocenters. The van der Waals surface area contributed by atoms with E-state index < -0.39 is 0 Å². The van der Waals surface area contributed by atoms with Gasteiger partial charge in [-0.05, 0) is 54.5 Å². The van der Waals surface area contributed by atoms with Crippen LogP contribution in [0.1, 0.15) is 55.5 Å². The van der Waals surface area contributed by atoms with Crippen LogP contribution in [0.25, 0.3) is 0 Å². The molecular formula is C18H22N2O. The van der Waals surface area contributed by atoms with Crippen LogP contribution in [0.3, 0.4) is 0 Å². The lowest BCUT2D eigenvalue weighted by Crippen LogP contribution is -2.21. The average Bonchev–Trinajstić information content (AvgIpc) is 2.47. The van der Waals surface area contributed by atoms with Gasteiger partial charge in [0.1, 0.15) is 0 Å². The first kappa shape index (κ1) is 13.9. The standard InChI is InChI=1S/C18H22N2O/c1-12(2)13-6-8-14(9-7-13)19-16-4-3-5-17-15(16)10-11-18(21)20-17/h6-12,16,19H,3-5H2,1-2H3,(H,20,21). The Morgan fingerprint density at radius 1 is 1.14 bits per heavy atom. The van der Waals surface area contributed by atoms with Crippen LogP contribution in [0.4, 0.5) is 5.69 Å². The lowest BCUT2D eigenvalue weighted by atomic mass is 9.91. The van der Waals surface area contributed by atoms with Crippen molar-refractivity contribution in [1.82, 2.24) is 4.98 Å². The maximum Gasteiger partial charge on any atom is 0.248 e. The van der Waals surface area contributed by atoms with Gasteiger partial charge in [-0.1, -0.05) is 26.0 Å². The van der Waals surface area contributed by atoms with Crippen molar-refractivity contribution in [2.75, 3.05) is 5.32 Å². The average molecular weight is 282 g/mol. The fraction of sp³-hybridized carbons (Fsp3) is 0.389. The van der Waals surface area contributed by atoms with E-state index in [9.17, 15) is 4.79 Å². The van der Waals surface area contributed by atoms with Crippen LogP contribution in [0.5, 0.6) is 0 Å². The normalized spacial score (nSPS) is 17.6. The Hall–Kier alpha value is -2.03. The first-order chi connectivity index (χ1) is 10.1. The van der Waals surface area contributed by atoms with Crippen LogP contribution in [-0.2, 0) is 6.42 Å². The number of pyridine rings is 1. The second kappa shape index (κ2) is 5.76. The molecule has 21 heavy (non-hydrogen) atoms. The smallest absolute Gasteiger partial charge is 0.248 e. The number of aryl methyl sites for hydroxylation is 1. The molecule has 1 aliphatic rings. The molecule has 0 amide bonds. The summed E-state index contributed by atoms with van der Waals surface area (Å²) in [5, 5.41) is 3.60. The molecule has 0 aliphatic heterocycles. The SMILES string of the molecule is CC(C)c1ccc(NC2CCCc3[nH]c(=O)ccc32)cc1. The monoisotopic (exact) mass is 282 g/mol. The maximum absolute atomic E-state index is 11.4. The summed E-state index contributed by atoms with van der Waals surface area (Å²) < 4.78 is 0. The molecule has 0 spiro atoms. The predicted molar refractivity (Wildman–Crippen MR) is 86.9 cm³/mol. The molecule has 0 saturated carbocycles. The van der Waals surface area contributed by atoms with Gasteiger partial charge < -0.3 is 10.3 Å². The zero-order valence-corrected chi connectivity index (χ0v) is 12.6. The van der Waals surface area contributed by atoms with E-state index in [1.165, 1.54) is 11.1 Å². The Morgan fingerprint density at radius 3 is 2.62 bits per heavy atom. The number of nitrogens with one attached hydrogen (secondary N) is 2. The minimum Gasteiger partial charge on any atom is -0.378 e. The summed E-state index contributed by atoms with van der Waals surface area (Å²) in [6.07, 6.45) is 3.18. The van der Waals surface area contributed by atoms with Gasteiger partial charge in [0.15, 0.2) is 0 Å². The van der Waals surface area contributed by atoms with Gasteiger partial charge in [0, 0.05) is 17.4 Å². The van der Waals surface area contributed by atoms with Crippen LogP contribution in [-0.4, -0.2) is 4.98 Å². The van der Waals surface area contributed by atoms with Gasteiger partial charge in [0.25, 0.3) is 0 Å². The van der Waals surface area contributed by atoms with Crippen LogP contribution >= 0.6 is 0 Å². The first-order valence-electron chi connectivity index (χ1n) is 7.72. The van der Waals surface area contributed by atoms with Crippen LogP contribution in [0.2, 0.25) is 0 Å². The Morgan fingerprint density at radius 2 is 1.90 bits per heavy atom. The highest BCUT2D eigenvalue weighted by atomic mass is 16.1. The summed E-state index contributed by atoms with van der Waals surface area (Å²) in [6.45, 7) is 4.41. The highest BCUT2D eigenvalue weighted by Gasteiger charge is 2.20. The van der Waals surface area contributed by atoms with Crippen molar-refractivity contribution in [3.63, 3.8) is 0 Å². The van der Waals surface area contributed by atoms with Crippen LogP contribution < -0.4 is 10.9 Å².